The maximum atomic E-state index is 13.3. The highest BCUT2D eigenvalue weighted by Crippen LogP contribution is 2.40. The maximum Gasteiger partial charge on any atom is 0.228 e. The summed E-state index contributed by atoms with van der Waals surface area (Å²) in [5, 5.41) is 6.76. The molecule has 2 heterocycles. The third-order valence-electron chi connectivity index (χ3n) is 5.95. The molecule has 1 fully saturated rings. The molecule has 2 atom stereocenters. The SMILES string of the molecule is COc1ccc(C2C(C(=O)NCCc3nc(C)no3)CCC(=O)N2c2ccc(OC)cc2)cc1. The lowest BCUT2D eigenvalue weighted by Gasteiger charge is -2.41. The van der Waals surface area contributed by atoms with Gasteiger partial charge in [-0.1, -0.05) is 17.3 Å². The third-order valence-corrected chi connectivity index (χ3v) is 5.95. The van der Waals surface area contributed by atoms with Crippen LogP contribution in [-0.2, 0) is 16.0 Å². The Morgan fingerprint density at radius 3 is 2.32 bits per heavy atom. The highest BCUT2D eigenvalue weighted by Gasteiger charge is 2.41. The predicted molar refractivity (Wildman–Crippen MR) is 125 cm³/mol. The van der Waals surface area contributed by atoms with E-state index in [1.54, 1.807) is 26.0 Å². The molecule has 178 valence electrons. The number of nitrogens with zero attached hydrogens (tertiary/aromatic N) is 3. The summed E-state index contributed by atoms with van der Waals surface area (Å²) in [5.74, 6) is 1.85. The molecule has 1 aliphatic heterocycles. The summed E-state index contributed by atoms with van der Waals surface area (Å²) in [6, 6.07) is 14.3. The van der Waals surface area contributed by atoms with Gasteiger partial charge in [0.05, 0.1) is 26.2 Å². The van der Waals surface area contributed by atoms with Crippen molar-refractivity contribution in [2.45, 2.75) is 32.2 Å². The van der Waals surface area contributed by atoms with E-state index in [-0.39, 0.29) is 18.2 Å². The molecule has 2 unspecified atom stereocenters. The van der Waals surface area contributed by atoms with E-state index in [0.29, 0.717) is 48.3 Å². The summed E-state index contributed by atoms with van der Waals surface area (Å²) < 4.78 is 15.7. The fourth-order valence-corrected chi connectivity index (χ4v) is 4.26. The van der Waals surface area contributed by atoms with Gasteiger partial charge >= 0.3 is 0 Å². The Kier molecular flexibility index (Phi) is 7.10. The number of benzene rings is 2. The Morgan fingerprint density at radius 1 is 1.09 bits per heavy atom. The molecule has 1 saturated heterocycles. The van der Waals surface area contributed by atoms with E-state index in [4.69, 9.17) is 14.0 Å². The van der Waals surface area contributed by atoms with Crippen molar-refractivity contribution in [1.29, 1.82) is 0 Å². The van der Waals surface area contributed by atoms with Gasteiger partial charge in [-0.2, -0.15) is 4.98 Å². The van der Waals surface area contributed by atoms with Gasteiger partial charge in [0.2, 0.25) is 17.7 Å². The van der Waals surface area contributed by atoms with Crippen LogP contribution in [0.25, 0.3) is 0 Å². The maximum absolute atomic E-state index is 13.3. The molecule has 1 aromatic heterocycles. The van der Waals surface area contributed by atoms with Crippen molar-refractivity contribution in [3.8, 4) is 11.5 Å². The molecule has 0 spiro atoms. The molecule has 0 saturated carbocycles. The normalized spacial score (nSPS) is 18.0. The number of piperidine rings is 1. The average molecular weight is 465 g/mol. The highest BCUT2D eigenvalue weighted by molar-refractivity contribution is 5.97. The molecular weight excluding hydrogens is 436 g/mol. The minimum atomic E-state index is -0.466. The molecule has 3 aromatic rings. The van der Waals surface area contributed by atoms with Crippen molar-refractivity contribution in [3.63, 3.8) is 0 Å². The van der Waals surface area contributed by atoms with Crippen molar-refractivity contribution >= 4 is 17.5 Å². The Labute approximate surface area is 198 Å². The number of aryl methyl sites for hydroxylation is 1. The predicted octanol–water partition coefficient (Wildman–Crippen LogP) is 3.24. The minimum absolute atomic E-state index is 0.0311. The monoisotopic (exact) mass is 464 g/mol. The van der Waals surface area contributed by atoms with Crippen LogP contribution in [0.4, 0.5) is 5.69 Å². The number of amides is 2. The van der Waals surface area contributed by atoms with Crippen molar-refractivity contribution in [3.05, 3.63) is 65.8 Å². The Morgan fingerprint density at radius 2 is 1.74 bits per heavy atom. The molecule has 0 aliphatic carbocycles. The van der Waals surface area contributed by atoms with Crippen LogP contribution >= 0.6 is 0 Å². The lowest BCUT2D eigenvalue weighted by molar-refractivity contribution is -0.129. The minimum Gasteiger partial charge on any atom is -0.497 e. The van der Waals surface area contributed by atoms with Gasteiger partial charge < -0.3 is 24.2 Å². The number of hydrogen-bond donors (Lipinski definition) is 1. The summed E-state index contributed by atoms with van der Waals surface area (Å²) in [7, 11) is 3.20. The fraction of sp³-hybridized carbons (Fsp3) is 0.360. The van der Waals surface area contributed by atoms with E-state index in [2.05, 4.69) is 15.5 Å². The number of ether oxygens (including phenoxy) is 2. The van der Waals surface area contributed by atoms with Gasteiger partial charge in [0.15, 0.2) is 5.82 Å². The van der Waals surface area contributed by atoms with Gasteiger partial charge in [-0.3, -0.25) is 9.59 Å². The average Bonchev–Trinajstić information content (AvgIpc) is 3.28. The second-order valence-electron chi connectivity index (χ2n) is 8.10. The van der Waals surface area contributed by atoms with Crippen LogP contribution in [0.1, 0.15) is 36.2 Å². The zero-order valence-electron chi connectivity index (χ0n) is 19.5. The third kappa shape index (κ3) is 5.03. The Bertz CT molecular complexity index is 1130. The van der Waals surface area contributed by atoms with Gasteiger partial charge in [0, 0.05) is 25.1 Å². The van der Waals surface area contributed by atoms with Crippen LogP contribution in [0.5, 0.6) is 11.5 Å². The van der Waals surface area contributed by atoms with Crippen molar-refractivity contribution in [2.75, 3.05) is 25.7 Å². The highest BCUT2D eigenvalue weighted by atomic mass is 16.5. The summed E-state index contributed by atoms with van der Waals surface area (Å²) in [4.78, 5) is 32.3. The quantitative estimate of drug-likeness (QED) is 0.545. The van der Waals surface area contributed by atoms with Gasteiger partial charge in [0.1, 0.15) is 11.5 Å². The van der Waals surface area contributed by atoms with Crippen molar-refractivity contribution in [1.82, 2.24) is 15.5 Å². The first-order chi connectivity index (χ1) is 16.5. The number of methoxy groups -OCH3 is 2. The zero-order chi connectivity index (χ0) is 24.1. The van der Waals surface area contributed by atoms with E-state index < -0.39 is 12.0 Å². The van der Waals surface area contributed by atoms with Crippen molar-refractivity contribution in [2.24, 2.45) is 5.92 Å². The number of carbonyl (C=O) groups is 2. The first-order valence-electron chi connectivity index (χ1n) is 11.2. The van der Waals surface area contributed by atoms with Crippen LogP contribution in [-0.4, -0.2) is 42.7 Å². The molecule has 0 radical (unpaired) electrons. The molecule has 2 aromatic carbocycles. The lowest BCUT2D eigenvalue weighted by Crippen LogP contribution is -2.48. The first kappa shape index (κ1) is 23.3. The summed E-state index contributed by atoms with van der Waals surface area (Å²) >= 11 is 0. The van der Waals surface area contributed by atoms with Crippen molar-refractivity contribution < 1.29 is 23.6 Å². The van der Waals surface area contributed by atoms with Crippen LogP contribution in [0.3, 0.4) is 0 Å². The number of rotatable bonds is 8. The second kappa shape index (κ2) is 10.4. The molecule has 9 nitrogen and oxygen atoms in total. The molecule has 2 amide bonds. The fourth-order valence-electron chi connectivity index (χ4n) is 4.26. The number of anilines is 1. The van der Waals surface area contributed by atoms with Gasteiger partial charge in [-0.15, -0.1) is 0 Å². The largest absolute Gasteiger partial charge is 0.497 e. The van der Waals surface area contributed by atoms with Crippen LogP contribution in [0.15, 0.2) is 53.1 Å². The summed E-state index contributed by atoms with van der Waals surface area (Å²) in [5.41, 5.74) is 1.57. The smallest absolute Gasteiger partial charge is 0.228 e. The number of aromatic nitrogens is 2. The van der Waals surface area contributed by atoms with Crippen LogP contribution < -0.4 is 19.7 Å². The van der Waals surface area contributed by atoms with Crippen LogP contribution in [0.2, 0.25) is 0 Å². The van der Waals surface area contributed by atoms with E-state index in [1.807, 2.05) is 48.5 Å². The van der Waals surface area contributed by atoms with Crippen LogP contribution in [0, 0.1) is 12.8 Å². The Hall–Kier alpha value is -3.88. The summed E-state index contributed by atoms with van der Waals surface area (Å²) in [6.45, 7) is 2.11. The van der Waals surface area contributed by atoms with Gasteiger partial charge in [-0.25, -0.2) is 0 Å². The Balaban J connectivity index is 1.61. The zero-order valence-corrected chi connectivity index (χ0v) is 19.5. The molecule has 1 N–H and O–H groups in total. The molecule has 9 heteroatoms. The van der Waals surface area contributed by atoms with E-state index in [9.17, 15) is 9.59 Å². The standard InChI is InChI=1S/C25H28N4O5/c1-16-27-22(34-28-16)14-15-26-25(31)21-12-13-23(30)29(18-6-10-20(33-3)11-7-18)24(21)17-4-8-19(32-2)9-5-17/h4-11,21,24H,12-15H2,1-3H3,(H,26,31). The van der Waals surface area contributed by atoms with Gasteiger partial charge in [0.25, 0.3) is 0 Å². The first-order valence-corrected chi connectivity index (χ1v) is 11.2. The summed E-state index contributed by atoms with van der Waals surface area (Å²) in [6.07, 6.45) is 1.17. The topological polar surface area (TPSA) is 107 Å². The van der Waals surface area contributed by atoms with E-state index in [0.717, 1.165) is 5.56 Å². The molecular formula is C25H28N4O5. The molecule has 0 bridgehead atoms. The molecule has 4 rings (SSSR count). The van der Waals surface area contributed by atoms with E-state index in [1.165, 1.54) is 0 Å². The molecule has 34 heavy (non-hydrogen) atoms. The van der Waals surface area contributed by atoms with Gasteiger partial charge in [-0.05, 0) is 55.3 Å². The van der Waals surface area contributed by atoms with E-state index >= 15 is 0 Å². The molecule has 1 aliphatic rings. The lowest BCUT2D eigenvalue weighted by atomic mass is 9.83. The number of hydrogen-bond acceptors (Lipinski definition) is 7. The second-order valence-corrected chi connectivity index (χ2v) is 8.10. The number of carbonyl (C=O) groups excluding carboxylic acids is 2. The number of nitrogens with one attached hydrogen (secondary N) is 1.